The summed E-state index contributed by atoms with van der Waals surface area (Å²) in [6, 6.07) is 10.2. The molecular formula is C12H12BrN3O2S. The summed E-state index contributed by atoms with van der Waals surface area (Å²) in [5.74, 6) is 0.118. The molecule has 0 saturated carbocycles. The first-order valence-corrected chi connectivity index (χ1v) is 7.86. The summed E-state index contributed by atoms with van der Waals surface area (Å²) in [5.41, 5.74) is 6.78. The summed E-state index contributed by atoms with van der Waals surface area (Å²) in [7, 11) is -3.52. The number of hydrogen-bond donors (Lipinski definition) is 2. The largest absolute Gasteiger partial charge is 0.399 e. The maximum Gasteiger partial charge on any atom is 0.238 e. The van der Waals surface area contributed by atoms with Gasteiger partial charge in [-0.05, 0) is 45.8 Å². The molecule has 1 aromatic heterocycles. The molecule has 1 aromatic carbocycles. The van der Waals surface area contributed by atoms with Crippen LogP contribution in [0.4, 0.5) is 11.5 Å². The molecule has 0 bridgehead atoms. The standard InChI is InChI=1S/C12H12BrN3O2S/c13-11-5-2-6-15-12(11)16-19(17,18)8-9-3-1-4-10(14)7-9/h1-7H,8,14H2,(H,15,16). The molecule has 0 aliphatic carbocycles. The smallest absolute Gasteiger partial charge is 0.238 e. The lowest BCUT2D eigenvalue weighted by Crippen LogP contribution is -2.16. The number of halogens is 1. The van der Waals surface area contributed by atoms with Gasteiger partial charge in [0.05, 0.1) is 10.2 Å². The maximum absolute atomic E-state index is 12.0. The SMILES string of the molecule is Nc1cccc(CS(=O)(=O)Nc2ncccc2Br)c1. The molecule has 2 aromatic rings. The fourth-order valence-corrected chi connectivity index (χ4v) is 3.18. The van der Waals surface area contributed by atoms with Gasteiger partial charge in [-0.15, -0.1) is 0 Å². The highest BCUT2D eigenvalue weighted by atomic mass is 79.9. The Morgan fingerprint density at radius 3 is 2.74 bits per heavy atom. The molecule has 0 spiro atoms. The number of nitrogens with one attached hydrogen (secondary N) is 1. The topological polar surface area (TPSA) is 85.1 Å². The Morgan fingerprint density at radius 2 is 2.05 bits per heavy atom. The Hall–Kier alpha value is -1.60. The first-order chi connectivity index (χ1) is 8.96. The molecule has 1 heterocycles. The van der Waals surface area contributed by atoms with Crippen molar-refractivity contribution >= 4 is 37.5 Å². The molecule has 0 amide bonds. The molecule has 2 rings (SSSR count). The molecule has 0 unspecified atom stereocenters. The van der Waals surface area contributed by atoms with Crippen molar-refractivity contribution in [2.45, 2.75) is 5.75 Å². The summed E-state index contributed by atoms with van der Waals surface area (Å²) in [5, 5.41) is 0. The molecule has 0 atom stereocenters. The number of nitrogen functional groups attached to an aromatic ring is 1. The van der Waals surface area contributed by atoms with Crippen LogP contribution >= 0.6 is 15.9 Å². The van der Waals surface area contributed by atoms with E-state index in [0.29, 0.717) is 15.7 Å². The molecule has 100 valence electrons. The maximum atomic E-state index is 12.0. The first kappa shape index (κ1) is 13.8. The number of pyridine rings is 1. The number of hydrogen-bond acceptors (Lipinski definition) is 4. The number of rotatable bonds is 4. The normalized spacial score (nSPS) is 11.2. The molecule has 19 heavy (non-hydrogen) atoms. The molecule has 3 N–H and O–H groups in total. The molecule has 5 nitrogen and oxygen atoms in total. The van der Waals surface area contributed by atoms with Crippen LogP contribution in [-0.4, -0.2) is 13.4 Å². The highest BCUT2D eigenvalue weighted by Crippen LogP contribution is 2.20. The van der Waals surface area contributed by atoms with Crippen molar-refractivity contribution in [1.82, 2.24) is 4.98 Å². The van der Waals surface area contributed by atoms with Crippen molar-refractivity contribution < 1.29 is 8.42 Å². The van der Waals surface area contributed by atoms with Crippen LogP contribution in [0.1, 0.15) is 5.56 Å². The molecule has 7 heteroatoms. The summed E-state index contributed by atoms with van der Waals surface area (Å²) in [6.45, 7) is 0. The van der Waals surface area contributed by atoms with Crippen molar-refractivity contribution in [3.63, 3.8) is 0 Å². The fourth-order valence-electron chi connectivity index (χ4n) is 1.55. The minimum atomic E-state index is -3.52. The Morgan fingerprint density at radius 1 is 1.26 bits per heavy atom. The highest BCUT2D eigenvalue weighted by molar-refractivity contribution is 9.10. The first-order valence-electron chi connectivity index (χ1n) is 5.42. The van der Waals surface area contributed by atoms with Gasteiger partial charge in [0.1, 0.15) is 0 Å². The Balaban J connectivity index is 2.18. The second-order valence-corrected chi connectivity index (χ2v) is 6.52. The molecular weight excluding hydrogens is 330 g/mol. The minimum absolute atomic E-state index is 0.152. The van der Waals surface area contributed by atoms with Gasteiger partial charge in [0, 0.05) is 11.9 Å². The molecule has 0 radical (unpaired) electrons. The average molecular weight is 342 g/mol. The Bertz CT molecular complexity index is 689. The van der Waals surface area contributed by atoms with Crippen LogP contribution in [-0.2, 0) is 15.8 Å². The van der Waals surface area contributed by atoms with Crippen LogP contribution in [0.15, 0.2) is 47.1 Å². The predicted octanol–water partition coefficient (Wildman–Crippen LogP) is 2.37. The Labute approximate surface area is 120 Å². The summed E-state index contributed by atoms with van der Waals surface area (Å²) < 4.78 is 27.1. The second kappa shape index (κ2) is 5.58. The minimum Gasteiger partial charge on any atom is -0.399 e. The highest BCUT2D eigenvalue weighted by Gasteiger charge is 2.14. The lowest BCUT2D eigenvalue weighted by Gasteiger charge is -2.08. The van der Waals surface area contributed by atoms with Gasteiger partial charge in [0.2, 0.25) is 10.0 Å². The zero-order valence-corrected chi connectivity index (χ0v) is 12.3. The third-order valence-electron chi connectivity index (χ3n) is 2.32. The average Bonchev–Trinajstić information content (AvgIpc) is 2.31. The number of benzene rings is 1. The van der Waals surface area contributed by atoms with E-state index in [9.17, 15) is 8.42 Å². The van der Waals surface area contributed by atoms with E-state index in [-0.39, 0.29) is 11.6 Å². The van der Waals surface area contributed by atoms with E-state index in [1.165, 1.54) is 6.20 Å². The molecule has 0 saturated heterocycles. The number of sulfonamides is 1. The zero-order valence-electron chi connectivity index (χ0n) is 9.88. The van der Waals surface area contributed by atoms with Gasteiger partial charge in [0.25, 0.3) is 0 Å². The van der Waals surface area contributed by atoms with E-state index in [4.69, 9.17) is 5.73 Å². The van der Waals surface area contributed by atoms with Gasteiger partial charge in [0.15, 0.2) is 5.82 Å². The van der Waals surface area contributed by atoms with Gasteiger partial charge in [-0.2, -0.15) is 0 Å². The van der Waals surface area contributed by atoms with E-state index in [0.717, 1.165) is 0 Å². The van der Waals surface area contributed by atoms with Crippen molar-refractivity contribution in [3.05, 3.63) is 52.6 Å². The summed E-state index contributed by atoms with van der Waals surface area (Å²) >= 11 is 3.24. The van der Waals surface area contributed by atoms with Crippen molar-refractivity contribution in [1.29, 1.82) is 0 Å². The van der Waals surface area contributed by atoms with Crippen molar-refractivity contribution in [3.8, 4) is 0 Å². The fraction of sp³-hybridized carbons (Fsp3) is 0.0833. The van der Waals surface area contributed by atoms with Crippen molar-refractivity contribution in [2.24, 2.45) is 0 Å². The quantitative estimate of drug-likeness (QED) is 0.836. The molecule has 0 aliphatic rings. The van der Waals surface area contributed by atoms with E-state index >= 15 is 0 Å². The van der Waals surface area contributed by atoms with Crippen molar-refractivity contribution in [2.75, 3.05) is 10.5 Å². The van der Waals surface area contributed by atoms with E-state index in [2.05, 4.69) is 25.6 Å². The lowest BCUT2D eigenvalue weighted by molar-refractivity contribution is 0.600. The number of nitrogens with zero attached hydrogens (tertiary/aromatic N) is 1. The Kier molecular flexibility index (Phi) is 4.06. The number of anilines is 2. The van der Waals surface area contributed by atoms with Gasteiger partial charge in [-0.25, -0.2) is 13.4 Å². The van der Waals surface area contributed by atoms with Gasteiger partial charge >= 0.3 is 0 Å². The lowest BCUT2D eigenvalue weighted by atomic mass is 10.2. The van der Waals surface area contributed by atoms with Crippen LogP contribution in [0.25, 0.3) is 0 Å². The zero-order chi connectivity index (χ0) is 13.9. The summed E-state index contributed by atoms with van der Waals surface area (Å²) in [4.78, 5) is 3.96. The van der Waals surface area contributed by atoms with Gasteiger partial charge in [-0.1, -0.05) is 12.1 Å². The van der Waals surface area contributed by atoms with Crippen LogP contribution in [0.3, 0.4) is 0 Å². The van der Waals surface area contributed by atoms with Crippen LogP contribution in [0.2, 0.25) is 0 Å². The number of aromatic nitrogens is 1. The van der Waals surface area contributed by atoms with Crippen LogP contribution < -0.4 is 10.5 Å². The van der Waals surface area contributed by atoms with E-state index in [1.807, 2.05) is 0 Å². The van der Waals surface area contributed by atoms with E-state index < -0.39 is 10.0 Å². The van der Waals surface area contributed by atoms with E-state index in [1.54, 1.807) is 36.4 Å². The monoisotopic (exact) mass is 341 g/mol. The van der Waals surface area contributed by atoms with Crippen LogP contribution in [0, 0.1) is 0 Å². The summed E-state index contributed by atoms with van der Waals surface area (Å²) in [6.07, 6.45) is 1.52. The number of nitrogens with two attached hydrogens (primary N) is 1. The third-order valence-corrected chi connectivity index (χ3v) is 4.18. The second-order valence-electron chi connectivity index (χ2n) is 3.94. The molecule has 0 aliphatic heterocycles. The van der Waals surface area contributed by atoms with Gasteiger partial charge < -0.3 is 5.73 Å². The molecule has 0 fully saturated rings. The van der Waals surface area contributed by atoms with Gasteiger partial charge in [-0.3, -0.25) is 4.72 Å². The van der Waals surface area contributed by atoms with Crippen LogP contribution in [0.5, 0.6) is 0 Å². The predicted molar refractivity (Wildman–Crippen MR) is 79.0 cm³/mol. The third kappa shape index (κ3) is 3.93.